The first-order chi connectivity index (χ1) is 9.52. The fourth-order valence-corrected chi connectivity index (χ4v) is 3.09. The number of esters is 1. The zero-order valence-corrected chi connectivity index (χ0v) is 15.1. The third kappa shape index (κ3) is 6.38. The Morgan fingerprint density at radius 1 is 1.24 bits per heavy atom. The molecule has 6 heteroatoms. The van der Waals surface area contributed by atoms with Gasteiger partial charge in [-0.15, -0.1) is 0 Å². The lowest BCUT2D eigenvalue weighted by molar-refractivity contribution is -0.917. The zero-order valence-electron chi connectivity index (χ0n) is 13.0. The largest absolute Gasteiger partial charge is 1.00 e. The highest BCUT2D eigenvalue weighted by Crippen LogP contribution is 2.31. The van der Waals surface area contributed by atoms with Gasteiger partial charge in [0.25, 0.3) is 0 Å². The summed E-state index contributed by atoms with van der Waals surface area (Å²) in [5.41, 5.74) is -0.813. The molecule has 2 fully saturated rings. The summed E-state index contributed by atoms with van der Waals surface area (Å²) in [6, 6.07) is 0. The number of aliphatic hydroxyl groups is 1. The minimum Gasteiger partial charge on any atom is -1.00 e. The van der Waals surface area contributed by atoms with Crippen molar-refractivity contribution < 1.29 is 47.8 Å². The molecule has 2 aliphatic rings. The summed E-state index contributed by atoms with van der Waals surface area (Å²) in [5.74, 6) is -0.255. The monoisotopic (exact) mass is 413 g/mol. The molecule has 2 rings (SSSR count). The van der Waals surface area contributed by atoms with Crippen LogP contribution in [0.25, 0.3) is 0 Å². The summed E-state index contributed by atoms with van der Waals surface area (Å²) in [5, 5.41) is 10.3. The Morgan fingerprint density at radius 2 is 1.86 bits per heavy atom. The fourth-order valence-electron chi connectivity index (χ4n) is 3.09. The van der Waals surface area contributed by atoms with Crippen LogP contribution in [-0.4, -0.2) is 67.7 Å². The molecule has 21 heavy (non-hydrogen) atoms. The summed E-state index contributed by atoms with van der Waals surface area (Å²) in [7, 11) is 2.17. The lowest BCUT2D eigenvalue weighted by atomic mass is 9.82. The number of hydrogen-bond donors (Lipinski definition) is 1. The average Bonchev–Trinajstić information content (AvgIpc) is 2.39. The van der Waals surface area contributed by atoms with Crippen molar-refractivity contribution in [3.05, 3.63) is 0 Å². The Balaban J connectivity index is 0.00000220. The Bertz CT molecular complexity index is 326. The number of halogens is 1. The van der Waals surface area contributed by atoms with E-state index in [0.29, 0.717) is 6.61 Å². The van der Waals surface area contributed by atoms with Gasteiger partial charge in [0.2, 0.25) is 0 Å². The van der Waals surface area contributed by atoms with Crippen molar-refractivity contribution in [2.24, 2.45) is 0 Å². The number of nitrogens with zero attached hydrogens (tertiary/aromatic N) is 1. The highest BCUT2D eigenvalue weighted by atomic mass is 127. The van der Waals surface area contributed by atoms with Crippen LogP contribution >= 0.6 is 0 Å². The van der Waals surface area contributed by atoms with Crippen LogP contribution < -0.4 is 24.0 Å². The Morgan fingerprint density at radius 3 is 2.48 bits per heavy atom. The minimum absolute atomic E-state index is 0. The third-order valence-electron chi connectivity index (χ3n) is 4.70. The molecule has 1 aliphatic heterocycles. The van der Waals surface area contributed by atoms with E-state index in [-0.39, 0.29) is 36.4 Å². The number of morpholine rings is 1. The summed E-state index contributed by atoms with van der Waals surface area (Å²) < 4.78 is 11.6. The van der Waals surface area contributed by atoms with Gasteiger partial charge in [-0.3, -0.25) is 4.79 Å². The van der Waals surface area contributed by atoms with Gasteiger partial charge in [0.15, 0.2) is 0 Å². The van der Waals surface area contributed by atoms with Gasteiger partial charge in [-0.2, -0.15) is 0 Å². The summed E-state index contributed by atoms with van der Waals surface area (Å²) >= 11 is 0. The molecule has 1 N–H and O–H groups in total. The van der Waals surface area contributed by atoms with E-state index in [1.54, 1.807) is 0 Å². The van der Waals surface area contributed by atoms with Gasteiger partial charge in [0.1, 0.15) is 26.2 Å². The smallest absolute Gasteiger partial charge is 0.308 e. The van der Waals surface area contributed by atoms with Gasteiger partial charge >= 0.3 is 5.97 Å². The summed E-state index contributed by atoms with van der Waals surface area (Å²) in [6.45, 7) is 4.77. The number of likely N-dealkylation sites (N-methyl/N-ethyl adjacent to an activating group) is 1. The number of carbonyl (C=O) groups excluding carboxylic acids is 1. The average molecular weight is 413 g/mol. The van der Waals surface area contributed by atoms with E-state index in [0.717, 1.165) is 69.4 Å². The molecule has 124 valence electrons. The maximum Gasteiger partial charge on any atom is 0.308 e. The molecule has 0 aromatic heterocycles. The molecule has 0 atom stereocenters. The second-order valence-corrected chi connectivity index (χ2v) is 6.58. The van der Waals surface area contributed by atoms with Crippen molar-refractivity contribution in [3.8, 4) is 0 Å². The highest BCUT2D eigenvalue weighted by Gasteiger charge is 2.32. The molecule has 0 unspecified atom stereocenters. The molecule has 0 aromatic carbocycles. The molecular weight excluding hydrogens is 385 g/mol. The lowest BCUT2D eigenvalue weighted by Crippen LogP contribution is -3.00. The Hall–Kier alpha value is 0.0800. The predicted molar refractivity (Wildman–Crippen MR) is 75.2 cm³/mol. The van der Waals surface area contributed by atoms with Crippen LogP contribution in [0, 0.1) is 0 Å². The molecule has 0 amide bonds. The second kappa shape index (κ2) is 8.64. The van der Waals surface area contributed by atoms with Crippen LogP contribution in [0.3, 0.4) is 0 Å². The van der Waals surface area contributed by atoms with E-state index >= 15 is 0 Å². The van der Waals surface area contributed by atoms with Gasteiger partial charge in [-0.1, -0.05) is 19.3 Å². The van der Waals surface area contributed by atoms with Crippen molar-refractivity contribution in [1.29, 1.82) is 0 Å². The van der Waals surface area contributed by atoms with Crippen LogP contribution in [0.2, 0.25) is 0 Å². The molecule has 5 nitrogen and oxygen atoms in total. The summed E-state index contributed by atoms with van der Waals surface area (Å²) in [4.78, 5) is 11.8. The van der Waals surface area contributed by atoms with E-state index in [1.807, 2.05) is 0 Å². The molecule has 1 saturated heterocycles. The minimum atomic E-state index is -0.813. The van der Waals surface area contributed by atoms with Crippen LogP contribution in [-0.2, 0) is 14.3 Å². The quantitative estimate of drug-likeness (QED) is 0.325. The van der Waals surface area contributed by atoms with Crippen LogP contribution in [0.15, 0.2) is 0 Å². The van der Waals surface area contributed by atoms with Crippen LogP contribution in [0.1, 0.15) is 38.5 Å². The van der Waals surface area contributed by atoms with Crippen LogP contribution in [0.5, 0.6) is 0 Å². The first kappa shape index (κ1) is 19.1. The highest BCUT2D eigenvalue weighted by molar-refractivity contribution is 5.70. The van der Waals surface area contributed by atoms with E-state index in [1.165, 1.54) is 0 Å². The van der Waals surface area contributed by atoms with Crippen LogP contribution in [0.4, 0.5) is 0 Å². The van der Waals surface area contributed by atoms with Gasteiger partial charge in [0, 0.05) is 0 Å². The van der Waals surface area contributed by atoms with E-state index < -0.39 is 5.60 Å². The normalized spacial score (nSPS) is 23.9. The number of carbonyl (C=O) groups is 1. The van der Waals surface area contributed by atoms with Crippen molar-refractivity contribution in [3.63, 3.8) is 0 Å². The van der Waals surface area contributed by atoms with Crippen molar-refractivity contribution in [1.82, 2.24) is 0 Å². The molecule has 0 aromatic rings. The first-order valence-electron chi connectivity index (χ1n) is 7.81. The zero-order chi connectivity index (χ0) is 14.5. The van der Waals surface area contributed by atoms with Gasteiger partial charge in [-0.25, -0.2) is 0 Å². The lowest BCUT2D eigenvalue weighted by Gasteiger charge is -2.37. The molecular formula is C15H28INO4. The number of quaternary nitrogens is 1. The van der Waals surface area contributed by atoms with Gasteiger partial charge in [0.05, 0.1) is 32.3 Å². The van der Waals surface area contributed by atoms with Gasteiger partial charge < -0.3 is 43.0 Å². The Kier molecular flexibility index (Phi) is 7.87. The maximum absolute atomic E-state index is 11.8. The van der Waals surface area contributed by atoms with Gasteiger partial charge in [-0.05, 0) is 12.8 Å². The topological polar surface area (TPSA) is 55.8 Å². The molecule has 1 aliphatic carbocycles. The van der Waals surface area contributed by atoms with Crippen molar-refractivity contribution in [2.45, 2.75) is 44.1 Å². The molecule has 0 spiro atoms. The van der Waals surface area contributed by atoms with E-state index in [9.17, 15) is 9.90 Å². The molecule has 1 heterocycles. The SMILES string of the molecule is C[N+]1(CCOC(=O)CC2(O)CCCCC2)CCOCC1.[I-]. The van der Waals surface area contributed by atoms with E-state index in [2.05, 4.69) is 7.05 Å². The molecule has 0 radical (unpaired) electrons. The maximum atomic E-state index is 11.8. The number of rotatable bonds is 5. The molecule has 0 bridgehead atoms. The van der Waals surface area contributed by atoms with E-state index in [4.69, 9.17) is 9.47 Å². The third-order valence-corrected chi connectivity index (χ3v) is 4.70. The van der Waals surface area contributed by atoms with Crippen molar-refractivity contribution >= 4 is 5.97 Å². The first-order valence-corrected chi connectivity index (χ1v) is 7.81. The number of ether oxygens (including phenoxy) is 2. The number of hydrogen-bond acceptors (Lipinski definition) is 4. The standard InChI is InChI=1S/C15H28NO4.HI/c1-16(7-10-19-11-8-16)9-12-20-14(17)13-15(18)5-3-2-4-6-15;/h18H,2-13H2,1H3;1H/q+1;/p-1. The molecule has 1 saturated carbocycles. The van der Waals surface area contributed by atoms with Crippen molar-refractivity contribution in [2.75, 3.05) is 46.5 Å². The Labute approximate surface area is 144 Å². The predicted octanol–water partition coefficient (Wildman–Crippen LogP) is -1.90. The fraction of sp³-hybridized carbons (Fsp3) is 0.933. The summed E-state index contributed by atoms with van der Waals surface area (Å²) in [6.07, 6.45) is 4.80. The second-order valence-electron chi connectivity index (χ2n) is 6.58.